The number of fused-ring (bicyclic) bond motifs is 1. The molecule has 0 aliphatic carbocycles. The van der Waals surface area contributed by atoms with E-state index in [2.05, 4.69) is 20.8 Å². The number of anilines is 3. The minimum absolute atomic E-state index is 0.0168. The average molecular weight is 509 g/mol. The van der Waals surface area contributed by atoms with Crippen LogP contribution in [-0.2, 0) is 11.0 Å². The fourth-order valence-electron chi connectivity index (χ4n) is 3.67. The van der Waals surface area contributed by atoms with E-state index in [-0.39, 0.29) is 11.6 Å². The summed E-state index contributed by atoms with van der Waals surface area (Å²) in [4.78, 5) is 25.7. The van der Waals surface area contributed by atoms with Crippen LogP contribution in [0.15, 0.2) is 66.7 Å². The minimum Gasteiger partial charge on any atom is -0.382 e. The average Bonchev–Trinajstić information content (AvgIpc) is 3.24. The topological polar surface area (TPSA) is 116 Å². The Morgan fingerprint density at radius 1 is 1.00 bits per heavy atom. The van der Waals surface area contributed by atoms with E-state index in [0.717, 1.165) is 28.8 Å². The lowest BCUT2D eigenvalue weighted by atomic mass is 9.98. The second kappa shape index (κ2) is 10.1. The number of hydrogen-bond acceptors (Lipinski definition) is 4. The molecule has 0 radical (unpaired) electrons. The van der Waals surface area contributed by atoms with Crippen LogP contribution in [0.1, 0.15) is 11.1 Å². The zero-order chi connectivity index (χ0) is 26.7. The third kappa shape index (κ3) is 5.72. The number of alkyl halides is 3. The van der Waals surface area contributed by atoms with E-state index in [1.54, 1.807) is 44.4 Å². The van der Waals surface area contributed by atoms with Crippen molar-refractivity contribution in [1.29, 1.82) is 0 Å². The maximum Gasteiger partial charge on any atom is 0.416 e. The molecule has 8 nitrogen and oxygen atoms in total. The van der Waals surface area contributed by atoms with Gasteiger partial charge in [0.05, 0.1) is 16.5 Å². The summed E-state index contributed by atoms with van der Waals surface area (Å²) in [6.07, 6.45) is -1.37. The van der Waals surface area contributed by atoms with E-state index in [1.807, 2.05) is 12.1 Å². The van der Waals surface area contributed by atoms with Crippen molar-refractivity contribution in [3.8, 4) is 11.1 Å². The van der Waals surface area contributed by atoms with Crippen molar-refractivity contribution >= 4 is 46.1 Å². The molecule has 0 saturated carbocycles. The molecule has 4 aromatic rings. The van der Waals surface area contributed by atoms with Gasteiger partial charge >= 0.3 is 12.2 Å². The van der Waals surface area contributed by atoms with Gasteiger partial charge in [-0.2, -0.15) is 18.3 Å². The number of nitrogens with two attached hydrogens (primary N) is 1. The molecule has 0 aliphatic heterocycles. The molecule has 1 aromatic heterocycles. The first-order chi connectivity index (χ1) is 17.5. The van der Waals surface area contributed by atoms with Crippen molar-refractivity contribution in [2.75, 3.05) is 30.5 Å². The Balaban J connectivity index is 1.52. The monoisotopic (exact) mass is 508 g/mol. The van der Waals surface area contributed by atoms with E-state index in [0.29, 0.717) is 22.4 Å². The summed E-state index contributed by atoms with van der Waals surface area (Å²) >= 11 is 0. The van der Waals surface area contributed by atoms with Gasteiger partial charge < -0.3 is 21.3 Å². The molecule has 4 rings (SSSR count). The minimum atomic E-state index is -4.51. The Morgan fingerprint density at radius 2 is 1.70 bits per heavy atom. The van der Waals surface area contributed by atoms with E-state index in [1.165, 1.54) is 23.1 Å². The van der Waals surface area contributed by atoms with Crippen LogP contribution in [0.25, 0.3) is 28.1 Å². The number of nitrogen functional groups attached to an aromatic ring is 1. The molecular weight excluding hydrogens is 485 g/mol. The van der Waals surface area contributed by atoms with Crippen LogP contribution in [0.3, 0.4) is 0 Å². The second-order valence-corrected chi connectivity index (χ2v) is 8.36. The Labute approximate surface area is 210 Å². The smallest absolute Gasteiger partial charge is 0.382 e. The van der Waals surface area contributed by atoms with Gasteiger partial charge in [0.25, 0.3) is 0 Å². The summed E-state index contributed by atoms with van der Waals surface area (Å²) in [6.45, 7) is 0. The van der Waals surface area contributed by atoms with Crippen LogP contribution < -0.4 is 16.4 Å². The van der Waals surface area contributed by atoms with Crippen molar-refractivity contribution in [3.63, 3.8) is 0 Å². The number of carbonyl (C=O) groups is 2. The standard InChI is InChI=1S/C26H23F3N6O2/c1-35(2)21(36)13-9-16-8-12-20(22-23(16)33-34-24(22)30)15-6-10-18(11-7-15)31-25(37)32-19-5-3-4-17(14-19)26(27,28)29/h3-14H,1-2H3,(H3,30,33,34)(H2,31,32,37)/b13-9+. The predicted molar refractivity (Wildman–Crippen MR) is 138 cm³/mol. The molecule has 11 heteroatoms. The van der Waals surface area contributed by atoms with Crippen LogP contribution in [0.2, 0.25) is 0 Å². The number of urea groups is 1. The number of hydrogen-bond donors (Lipinski definition) is 4. The normalized spacial score (nSPS) is 11.6. The molecule has 3 amide bonds. The number of nitrogens with one attached hydrogen (secondary N) is 3. The quantitative estimate of drug-likeness (QED) is 0.264. The van der Waals surface area contributed by atoms with Gasteiger partial charge in [-0.05, 0) is 47.5 Å². The lowest BCUT2D eigenvalue weighted by molar-refractivity contribution is -0.137. The third-order valence-corrected chi connectivity index (χ3v) is 5.53. The van der Waals surface area contributed by atoms with Crippen LogP contribution in [0, 0.1) is 0 Å². The first-order valence-electron chi connectivity index (χ1n) is 11.0. The molecule has 0 aliphatic rings. The number of aromatic nitrogens is 2. The van der Waals surface area contributed by atoms with E-state index < -0.39 is 17.8 Å². The van der Waals surface area contributed by atoms with Crippen LogP contribution in [0.5, 0.6) is 0 Å². The van der Waals surface area contributed by atoms with Gasteiger partial charge in [0.15, 0.2) is 5.82 Å². The summed E-state index contributed by atoms with van der Waals surface area (Å²) in [6, 6.07) is 14.2. The molecular formula is C26H23F3N6O2. The van der Waals surface area contributed by atoms with Crippen molar-refractivity contribution in [2.24, 2.45) is 0 Å². The number of carbonyl (C=O) groups excluding carboxylic acids is 2. The molecule has 0 saturated heterocycles. The SMILES string of the molecule is CN(C)C(=O)/C=C/c1ccc(-c2ccc(NC(=O)Nc3cccc(C(F)(F)F)c3)cc2)c2c(N)n[nH]c12. The van der Waals surface area contributed by atoms with Crippen LogP contribution in [-0.4, -0.2) is 41.1 Å². The number of H-pyrrole nitrogens is 1. The molecule has 0 atom stereocenters. The fraction of sp³-hybridized carbons (Fsp3) is 0.115. The van der Waals surface area contributed by atoms with E-state index in [9.17, 15) is 22.8 Å². The highest BCUT2D eigenvalue weighted by Gasteiger charge is 2.30. The van der Waals surface area contributed by atoms with Crippen LogP contribution in [0.4, 0.5) is 35.2 Å². The highest BCUT2D eigenvalue weighted by Crippen LogP contribution is 2.34. The van der Waals surface area contributed by atoms with Crippen molar-refractivity contribution in [2.45, 2.75) is 6.18 Å². The Bertz CT molecular complexity index is 1490. The number of likely N-dealkylation sites (N-methyl/N-ethyl adjacent to an activating group) is 1. The first-order valence-corrected chi connectivity index (χ1v) is 11.0. The molecule has 1 heterocycles. The van der Waals surface area contributed by atoms with Gasteiger partial charge in [-0.3, -0.25) is 9.89 Å². The van der Waals surface area contributed by atoms with E-state index in [4.69, 9.17) is 5.73 Å². The fourth-order valence-corrected chi connectivity index (χ4v) is 3.67. The van der Waals surface area contributed by atoms with Crippen LogP contribution >= 0.6 is 0 Å². The summed E-state index contributed by atoms with van der Waals surface area (Å²) in [5.41, 5.74) is 8.70. The Kier molecular flexibility index (Phi) is 6.87. The number of rotatable bonds is 5. The first kappa shape index (κ1) is 25.3. The highest BCUT2D eigenvalue weighted by atomic mass is 19.4. The number of benzene rings is 3. The molecule has 3 aromatic carbocycles. The Morgan fingerprint density at radius 3 is 2.38 bits per heavy atom. The summed E-state index contributed by atoms with van der Waals surface area (Å²) in [7, 11) is 3.32. The zero-order valence-corrected chi connectivity index (χ0v) is 19.9. The van der Waals surface area contributed by atoms with Gasteiger partial charge in [-0.15, -0.1) is 0 Å². The number of nitrogens with zero attached hydrogens (tertiary/aromatic N) is 2. The van der Waals surface area contributed by atoms with Gasteiger partial charge in [-0.1, -0.05) is 30.3 Å². The van der Waals surface area contributed by atoms with Crippen molar-refractivity contribution in [3.05, 3.63) is 77.9 Å². The molecule has 0 fully saturated rings. The van der Waals surface area contributed by atoms with Gasteiger partial charge in [0.1, 0.15) is 0 Å². The number of halogens is 3. The summed E-state index contributed by atoms with van der Waals surface area (Å²) < 4.78 is 38.7. The van der Waals surface area contributed by atoms with Gasteiger partial charge in [0.2, 0.25) is 5.91 Å². The second-order valence-electron chi connectivity index (χ2n) is 8.36. The van der Waals surface area contributed by atoms with E-state index >= 15 is 0 Å². The van der Waals surface area contributed by atoms with Gasteiger partial charge in [-0.25, -0.2) is 4.79 Å². The van der Waals surface area contributed by atoms with Crippen molar-refractivity contribution in [1.82, 2.24) is 15.1 Å². The predicted octanol–water partition coefficient (Wildman–Crippen LogP) is 5.58. The van der Waals surface area contributed by atoms with Crippen molar-refractivity contribution < 1.29 is 22.8 Å². The number of amides is 3. The largest absolute Gasteiger partial charge is 0.416 e. The maximum atomic E-state index is 12.9. The summed E-state index contributed by atoms with van der Waals surface area (Å²) in [5.74, 6) is 0.131. The zero-order valence-electron chi connectivity index (χ0n) is 19.9. The van der Waals surface area contributed by atoms with Gasteiger partial charge in [0, 0.05) is 37.1 Å². The highest BCUT2D eigenvalue weighted by molar-refractivity contribution is 6.06. The summed E-state index contributed by atoms with van der Waals surface area (Å²) in [5, 5.41) is 12.7. The number of aromatic amines is 1. The maximum absolute atomic E-state index is 12.9. The molecule has 0 bridgehead atoms. The lowest BCUT2D eigenvalue weighted by Crippen LogP contribution is -2.19. The molecule has 190 valence electrons. The molecule has 37 heavy (non-hydrogen) atoms. The molecule has 0 spiro atoms. The molecule has 5 N–H and O–H groups in total. The molecule has 0 unspecified atom stereocenters. The lowest BCUT2D eigenvalue weighted by Gasteiger charge is -2.11. The Hall–Kier alpha value is -4.80. The third-order valence-electron chi connectivity index (χ3n) is 5.53.